The predicted octanol–water partition coefficient (Wildman–Crippen LogP) is -0.204. The molecule has 0 saturated heterocycles. The maximum atomic E-state index is 10.5. The fourth-order valence-electron chi connectivity index (χ4n) is 0.819. The van der Waals surface area contributed by atoms with Gasteiger partial charge in [0.1, 0.15) is 6.04 Å². The van der Waals surface area contributed by atoms with Crippen molar-refractivity contribution in [1.82, 2.24) is 10.3 Å². The molecule has 0 aliphatic carbocycles. The van der Waals surface area contributed by atoms with E-state index in [1.54, 1.807) is 10.9 Å². The Bertz CT molecular complexity index is 291. The van der Waals surface area contributed by atoms with E-state index in [4.69, 9.17) is 5.11 Å². The molecule has 0 unspecified atom stereocenters. The number of carbonyl (C=O) groups is 1. The first-order valence-corrected chi connectivity index (χ1v) is 4.41. The average Bonchev–Trinajstić information content (AvgIpc) is 2.56. The van der Waals surface area contributed by atoms with Gasteiger partial charge in [0.05, 0.1) is 11.2 Å². The number of amides is 1. The van der Waals surface area contributed by atoms with Crippen LogP contribution < -0.4 is 5.32 Å². The second kappa shape index (κ2) is 5.26. The molecule has 1 atom stereocenters. The fraction of sp³-hybridized carbons (Fsp3) is 0.286. The smallest absolute Gasteiger partial charge is 0.323 e. The number of aliphatic carboxylic acids is 1. The van der Waals surface area contributed by atoms with Crippen molar-refractivity contribution in [2.45, 2.75) is 12.5 Å². The van der Waals surface area contributed by atoms with Gasteiger partial charge in [-0.1, -0.05) is 0 Å². The number of hydrogen-bond donors (Lipinski definition) is 2. The van der Waals surface area contributed by atoms with Gasteiger partial charge in [0.2, 0.25) is 0 Å². The summed E-state index contributed by atoms with van der Waals surface area (Å²) in [4.78, 5) is 24.4. The molecule has 7 heteroatoms. The van der Waals surface area contributed by atoms with Gasteiger partial charge in [0.25, 0.3) is 0 Å². The summed E-state index contributed by atoms with van der Waals surface area (Å²) in [5.41, 5.74) is 2.26. The number of carbonyl (C=O) groups excluding carboxylic acids is 1. The van der Waals surface area contributed by atoms with Crippen LogP contribution in [0.1, 0.15) is 5.69 Å². The molecule has 0 saturated carbocycles. The van der Waals surface area contributed by atoms with Crippen LogP contribution in [-0.4, -0.2) is 28.5 Å². The van der Waals surface area contributed by atoms with Crippen molar-refractivity contribution in [2.24, 2.45) is 0 Å². The van der Waals surface area contributed by atoms with Crippen molar-refractivity contribution in [2.75, 3.05) is 0 Å². The number of carboxylic acids is 1. The number of thiazole rings is 1. The van der Waals surface area contributed by atoms with E-state index in [9.17, 15) is 9.59 Å². The summed E-state index contributed by atoms with van der Waals surface area (Å²) >= 11 is 1.38. The average molecular weight is 456 g/mol. The van der Waals surface area contributed by atoms with Gasteiger partial charge in [-0.2, -0.15) is 6.41 Å². The van der Waals surface area contributed by atoms with Gasteiger partial charge in [0.15, 0.2) is 0 Å². The summed E-state index contributed by atoms with van der Waals surface area (Å²) in [6.07, 6.45) is 1.54. The molecule has 1 heterocycles. The topological polar surface area (TPSA) is 79.3 Å². The molecule has 5 nitrogen and oxygen atoms in total. The molecule has 1 rings (SSSR count). The largest absolute Gasteiger partial charge is 0.520 e. The van der Waals surface area contributed by atoms with Crippen LogP contribution in [0.3, 0.4) is 0 Å². The number of nitrogens with one attached hydrogen (secondary N) is 1. The van der Waals surface area contributed by atoms with Gasteiger partial charge in [-0.15, -0.1) is 11.3 Å². The minimum atomic E-state index is -1.09. The number of carboxylic acid groups (broad SMARTS) is 1. The van der Waals surface area contributed by atoms with Crippen molar-refractivity contribution in [3.05, 3.63) is 16.6 Å². The first-order chi connectivity index (χ1) is 6.24. The number of nitrogens with zero attached hydrogens (tertiary/aromatic N) is 1. The summed E-state index contributed by atoms with van der Waals surface area (Å²) in [5.74, 6) is -1.09. The van der Waals surface area contributed by atoms with Crippen molar-refractivity contribution >= 4 is 23.7 Å². The standard InChI is InChI=1S/C7H7N2O3S.Fm/c10-3-8-6(7(11)12)1-5-2-13-4-9-5;/h2,4,6H,1H2,(H,8,10)(H,11,12);/q-1;/t6-;/m0./s1. The van der Waals surface area contributed by atoms with Crippen LogP contribution in [0, 0.1) is 0 Å². The summed E-state index contributed by atoms with van der Waals surface area (Å²) in [6.45, 7) is 0. The van der Waals surface area contributed by atoms with Gasteiger partial charge in [-0.3, -0.25) is 4.79 Å². The second-order valence-corrected chi connectivity index (χ2v) is 3.04. The molecule has 2 N–H and O–H groups in total. The zero-order valence-electron chi connectivity index (χ0n) is 6.85. The molecule has 14 heavy (non-hydrogen) atoms. The van der Waals surface area contributed by atoms with Gasteiger partial charge in [0, 0.05) is 11.8 Å². The molecule has 0 aliphatic heterocycles. The molecular weight excluding hydrogens is 449 g/mol. The fourth-order valence-corrected chi connectivity index (χ4v) is 1.39. The van der Waals surface area contributed by atoms with Crippen LogP contribution in [0.2, 0.25) is 0 Å². The third-order valence-corrected chi connectivity index (χ3v) is 2.06. The van der Waals surface area contributed by atoms with Gasteiger partial charge < -0.3 is 15.2 Å². The summed E-state index contributed by atoms with van der Waals surface area (Å²) in [7, 11) is 0. The van der Waals surface area contributed by atoms with E-state index in [1.165, 1.54) is 17.7 Å². The quantitative estimate of drug-likeness (QED) is 0.475. The third kappa shape index (κ3) is 2.90. The van der Waals surface area contributed by atoms with E-state index in [1.807, 2.05) is 0 Å². The van der Waals surface area contributed by atoms with Gasteiger partial charge in [-0.05, 0) is 0 Å². The van der Waals surface area contributed by atoms with Gasteiger partial charge in [-0.25, -0.2) is 4.98 Å². The normalized spacial score (nSPS) is 11.1. The molecule has 0 spiro atoms. The Morgan fingerprint density at radius 2 is 2.50 bits per heavy atom. The van der Waals surface area contributed by atoms with Crippen LogP contribution >= 0.6 is 11.3 Å². The van der Waals surface area contributed by atoms with Gasteiger partial charge >= 0.3 is 5.97 Å². The van der Waals surface area contributed by atoms with Crippen molar-refractivity contribution < 1.29 is 14.7 Å². The zero-order chi connectivity index (χ0) is 9.68. The van der Waals surface area contributed by atoms with Crippen LogP contribution in [0.4, 0.5) is 0 Å². The Hall–Kier alpha value is -2.43. The molecule has 1 aromatic rings. The third-order valence-electron chi connectivity index (χ3n) is 1.43. The maximum absolute atomic E-state index is 10.5. The van der Waals surface area contributed by atoms with E-state index < -0.39 is 12.0 Å². The summed E-state index contributed by atoms with van der Waals surface area (Å²) < 4.78 is 0. The number of aromatic nitrogens is 1. The molecule has 0 aliphatic rings. The van der Waals surface area contributed by atoms with Crippen molar-refractivity contribution in [1.29, 1.82) is 0 Å². The molecule has 82 valence electrons. The van der Waals surface area contributed by atoms with Crippen LogP contribution in [0.25, 0.3) is 0 Å². The molecule has 1 amide bonds. The predicted molar refractivity (Wildman–Crippen MR) is 46.1 cm³/mol. The molecular formula is C7H7FmN2O3S-. The van der Waals surface area contributed by atoms with E-state index >= 15 is 0 Å². The molecule has 0 aromatic carbocycles. The maximum Gasteiger partial charge on any atom is 0.323 e. The minimum absolute atomic E-state index is 0. The van der Waals surface area contributed by atoms with Crippen molar-refractivity contribution in [3.8, 4) is 0 Å². The Morgan fingerprint density at radius 1 is 1.79 bits per heavy atom. The Balaban J connectivity index is 0.00000169. The first kappa shape index (κ1) is 11.6. The van der Waals surface area contributed by atoms with E-state index in [0.717, 1.165) is 0 Å². The summed E-state index contributed by atoms with van der Waals surface area (Å²) in [5, 5.41) is 12.5. The van der Waals surface area contributed by atoms with Crippen LogP contribution in [0.15, 0.2) is 10.9 Å². The Labute approximate surface area is 78.4 Å². The van der Waals surface area contributed by atoms with Crippen molar-refractivity contribution in [3.63, 3.8) is 0 Å². The van der Waals surface area contributed by atoms with Crippen LogP contribution in [-0.2, 0) is 16.0 Å². The van der Waals surface area contributed by atoms with E-state index in [0.29, 0.717) is 5.69 Å². The first-order valence-electron chi connectivity index (χ1n) is 3.46. The molecule has 0 bridgehead atoms. The summed E-state index contributed by atoms with van der Waals surface area (Å²) in [6, 6.07) is -0.945. The van der Waals surface area contributed by atoms with E-state index in [-0.39, 0.29) is 6.42 Å². The SMILES string of the molecule is O=[C-]N[C@@H](Cc1cscn1)C(=O)O.[Fm]. The molecule has 1 aromatic heterocycles. The monoisotopic (exact) mass is 456 g/mol. The second-order valence-electron chi connectivity index (χ2n) is 2.32. The minimum Gasteiger partial charge on any atom is -0.520 e. The zero-order valence-corrected chi connectivity index (χ0v) is 10.1. The number of hydrogen-bond acceptors (Lipinski definition) is 4. The number of rotatable bonds is 5. The van der Waals surface area contributed by atoms with Crippen LogP contribution in [0.5, 0.6) is 0 Å². The molecule has 0 fully saturated rings. The Morgan fingerprint density at radius 3 is 2.93 bits per heavy atom. The molecule has 0 radical (unpaired) electrons. The Kier molecular flexibility index (Phi) is 4.34. The van der Waals surface area contributed by atoms with E-state index in [2.05, 4.69) is 10.3 Å².